The summed E-state index contributed by atoms with van der Waals surface area (Å²) in [7, 11) is 0. The first kappa shape index (κ1) is 14.1. The first-order chi connectivity index (χ1) is 8.29. The van der Waals surface area contributed by atoms with Gasteiger partial charge in [0.1, 0.15) is 0 Å². The predicted octanol–water partition coefficient (Wildman–Crippen LogP) is 2.35. The van der Waals surface area contributed by atoms with Gasteiger partial charge in [0.2, 0.25) is 0 Å². The zero-order valence-electron chi connectivity index (χ0n) is 10.5. The summed E-state index contributed by atoms with van der Waals surface area (Å²) >= 11 is 1.32. The van der Waals surface area contributed by atoms with E-state index in [-0.39, 0.29) is 0 Å². The largest absolute Gasteiger partial charge is 0.487 e. The average Bonchev–Trinajstić information content (AvgIpc) is 2.66. The second-order valence-corrected chi connectivity index (χ2v) is 4.33. The van der Waals surface area contributed by atoms with E-state index >= 15 is 0 Å². The molecule has 1 heterocycles. The summed E-state index contributed by atoms with van der Waals surface area (Å²) in [6, 6.07) is 0. The van der Waals surface area contributed by atoms with Gasteiger partial charge in [0.05, 0.1) is 13.2 Å². The summed E-state index contributed by atoms with van der Waals surface area (Å²) in [6.07, 6.45) is 2.27. The molecule has 0 bridgehead atoms. The summed E-state index contributed by atoms with van der Waals surface area (Å²) in [5.74, 6) is 1.11. The van der Waals surface area contributed by atoms with E-state index in [9.17, 15) is 0 Å². The Labute approximate surface area is 106 Å². The number of nitrogens with zero attached hydrogens (tertiary/aromatic N) is 1. The number of hydrogen-bond donors (Lipinski definition) is 2. The van der Waals surface area contributed by atoms with Crippen LogP contribution < -0.4 is 15.8 Å². The van der Waals surface area contributed by atoms with Gasteiger partial charge in [-0.2, -0.15) is 4.37 Å². The van der Waals surface area contributed by atoms with Crippen LogP contribution in [-0.2, 0) is 4.74 Å². The number of nitrogens with two attached hydrogens (primary N) is 1. The van der Waals surface area contributed by atoms with Crippen LogP contribution in [0.3, 0.4) is 0 Å². The molecule has 0 aromatic carbocycles. The highest BCUT2D eigenvalue weighted by atomic mass is 32.1. The Hall–Kier alpha value is -1.01. The van der Waals surface area contributed by atoms with Crippen molar-refractivity contribution < 1.29 is 9.47 Å². The van der Waals surface area contributed by atoms with Crippen LogP contribution in [0.25, 0.3) is 0 Å². The Morgan fingerprint density at radius 2 is 2.18 bits per heavy atom. The van der Waals surface area contributed by atoms with Gasteiger partial charge < -0.3 is 20.5 Å². The Balaban J connectivity index is 2.26. The van der Waals surface area contributed by atoms with E-state index in [0.29, 0.717) is 24.8 Å². The summed E-state index contributed by atoms with van der Waals surface area (Å²) < 4.78 is 14.9. The monoisotopic (exact) mass is 259 g/mol. The minimum atomic E-state index is 0.450. The van der Waals surface area contributed by atoms with E-state index in [1.165, 1.54) is 11.5 Å². The lowest BCUT2D eigenvalue weighted by atomic mass is 10.4. The third-order valence-electron chi connectivity index (χ3n) is 2.14. The van der Waals surface area contributed by atoms with E-state index < -0.39 is 0 Å². The Bertz CT molecular complexity index is 318. The van der Waals surface area contributed by atoms with Crippen molar-refractivity contribution in [2.24, 2.45) is 0 Å². The molecule has 0 saturated heterocycles. The normalized spacial score (nSPS) is 10.5. The highest BCUT2D eigenvalue weighted by molar-refractivity contribution is 7.11. The smallest absolute Gasteiger partial charge is 0.197 e. The van der Waals surface area contributed by atoms with E-state index in [2.05, 4.69) is 16.6 Å². The fraction of sp³-hybridized carbons (Fsp3) is 0.727. The van der Waals surface area contributed by atoms with Crippen molar-refractivity contribution in [3.05, 3.63) is 0 Å². The van der Waals surface area contributed by atoms with Crippen molar-refractivity contribution >= 4 is 22.4 Å². The van der Waals surface area contributed by atoms with Gasteiger partial charge in [-0.05, 0) is 24.9 Å². The van der Waals surface area contributed by atoms with Crippen LogP contribution in [0, 0.1) is 0 Å². The molecule has 5 nitrogen and oxygen atoms in total. The van der Waals surface area contributed by atoms with Gasteiger partial charge in [0.15, 0.2) is 16.6 Å². The van der Waals surface area contributed by atoms with Crippen molar-refractivity contribution in [2.75, 3.05) is 37.4 Å². The molecule has 1 aromatic rings. The highest BCUT2D eigenvalue weighted by Crippen LogP contribution is 2.34. The average molecular weight is 259 g/mol. The Morgan fingerprint density at radius 1 is 1.35 bits per heavy atom. The number of aromatic nitrogens is 1. The maximum atomic E-state index is 5.70. The second-order valence-electron chi connectivity index (χ2n) is 3.55. The molecule has 6 heteroatoms. The lowest BCUT2D eigenvalue weighted by Crippen LogP contribution is -2.10. The van der Waals surface area contributed by atoms with E-state index in [4.69, 9.17) is 15.2 Å². The molecule has 0 saturated carbocycles. The van der Waals surface area contributed by atoms with Gasteiger partial charge in [-0.25, -0.2) is 0 Å². The summed E-state index contributed by atoms with van der Waals surface area (Å²) in [5, 5.41) is 4.10. The Kier molecular flexibility index (Phi) is 6.73. The van der Waals surface area contributed by atoms with Crippen molar-refractivity contribution in [2.45, 2.75) is 26.7 Å². The van der Waals surface area contributed by atoms with Crippen molar-refractivity contribution in [3.63, 3.8) is 0 Å². The molecule has 0 radical (unpaired) electrons. The van der Waals surface area contributed by atoms with E-state index in [0.717, 1.165) is 31.0 Å². The minimum Gasteiger partial charge on any atom is -0.487 e. The maximum Gasteiger partial charge on any atom is 0.197 e. The van der Waals surface area contributed by atoms with E-state index in [1.54, 1.807) is 0 Å². The number of nitrogen functional groups attached to an aromatic ring is 1. The number of nitrogens with one attached hydrogen (secondary N) is 1. The lowest BCUT2D eigenvalue weighted by molar-refractivity contribution is 0.141. The molecular weight excluding hydrogens is 238 g/mol. The molecule has 0 atom stereocenters. The number of unbranched alkanes of at least 4 members (excludes halogenated alkanes) is 1. The molecule has 98 valence electrons. The molecule has 0 aliphatic heterocycles. The van der Waals surface area contributed by atoms with Crippen LogP contribution in [0.1, 0.15) is 26.7 Å². The number of anilines is 2. The minimum absolute atomic E-state index is 0.450. The molecule has 1 rings (SSSR count). The quantitative estimate of drug-likeness (QED) is 0.666. The number of hydrogen-bond acceptors (Lipinski definition) is 6. The first-order valence-electron chi connectivity index (χ1n) is 5.99. The zero-order valence-corrected chi connectivity index (χ0v) is 11.3. The standard InChI is InChI=1S/C11H21N3O2S/c1-3-5-7-15-8-6-13-11-9(16-4-2)10(12)14-17-11/h13H,3-8H2,1-2H3,(H2,12,14). The van der Waals surface area contributed by atoms with Crippen LogP contribution in [-0.4, -0.2) is 30.7 Å². The number of ether oxygens (including phenoxy) is 2. The predicted molar refractivity (Wildman–Crippen MR) is 71.9 cm³/mol. The highest BCUT2D eigenvalue weighted by Gasteiger charge is 2.11. The van der Waals surface area contributed by atoms with Crippen molar-refractivity contribution in [1.82, 2.24) is 4.37 Å². The van der Waals surface area contributed by atoms with Gasteiger partial charge in [-0.3, -0.25) is 0 Å². The lowest BCUT2D eigenvalue weighted by Gasteiger charge is -2.07. The second kappa shape index (κ2) is 8.14. The molecule has 0 aliphatic rings. The molecule has 0 amide bonds. The third-order valence-corrected chi connectivity index (χ3v) is 2.94. The van der Waals surface area contributed by atoms with Gasteiger partial charge in [-0.15, -0.1) is 0 Å². The van der Waals surface area contributed by atoms with Crippen molar-refractivity contribution in [1.29, 1.82) is 0 Å². The molecule has 0 spiro atoms. The molecule has 0 aliphatic carbocycles. The summed E-state index contributed by atoms with van der Waals surface area (Å²) in [6.45, 7) is 6.91. The fourth-order valence-corrected chi connectivity index (χ4v) is 1.96. The van der Waals surface area contributed by atoms with Crippen LogP contribution >= 0.6 is 11.5 Å². The molecular formula is C11H21N3O2S. The first-order valence-corrected chi connectivity index (χ1v) is 6.76. The van der Waals surface area contributed by atoms with Crippen LogP contribution in [0.4, 0.5) is 10.8 Å². The molecule has 17 heavy (non-hydrogen) atoms. The number of rotatable bonds is 9. The third kappa shape index (κ3) is 4.79. The SMILES string of the molecule is CCCCOCCNc1snc(N)c1OCC. The van der Waals surface area contributed by atoms with Gasteiger partial charge in [0.25, 0.3) is 0 Å². The zero-order chi connectivity index (χ0) is 12.5. The molecule has 1 aromatic heterocycles. The Morgan fingerprint density at radius 3 is 2.88 bits per heavy atom. The van der Waals surface area contributed by atoms with Crippen molar-refractivity contribution in [3.8, 4) is 5.75 Å². The summed E-state index contributed by atoms with van der Waals surface area (Å²) in [5.41, 5.74) is 5.70. The van der Waals surface area contributed by atoms with Gasteiger partial charge in [0, 0.05) is 13.2 Å². The molecule has 3 N–H and O–H groups in total. The molecule has 0 unspecified atom stereocenters. The maximum absolute atomic E-state index is 5.70. The van der Waals surface area contributed by atoms with Crippen LogP contribution in [0.15, 0.2) is 0 Å². The molecule has 0 fully saturated rings. The fourth-order valence-electron chi connectivity index (χ4n) is 1.28. The van der Waals surface area contributed by atoms with Crippen LogP contribution in [0.5, 0.6) is 5.75 Å². The van der Waals surface area contributed by atoms with E-state index in [1.807, 2.05) is 6.92 Å². The topological polar surface area (TPSA) is 69.4 Å². The van der Waals surface area contributed by atoms with Gasteiger partial charge >= 0.3 is 0 Å². The van der Waals surface area contributed by atoms with Crippen LogP contribution in [0.2, 0.25) is 0 Å². The summed E-state index contributed by atoms with van der Waals surface area (Å²) in [4.78, 5) is 0. The van der Waals surface area contributed by atoms with Gasteiger partial charge in [-0.1, -0.05) is 13.3 Å².